The largest absolute Gasteiger partial charge is 0.349 e. The fourth-order valence-corrected chi connectivity index (χ4v) is 3.82. The number of rotatable bonds is 6. The van der Waals surface area contributed by atoms with E-state index in [1.807, 2.05) is 19.9 Å². The number of carbonyl (C=O) groups is 1. The van der Waals surface area contributed by atoms with Crippen LogP contribution in [0.15, 0.2) is 23.4 Å². The van der Waals surface area contributed by atoms with Gasteiger partial charge in [0, 0.05) is 16.0 Å². The van der Waals surface area contributed by atoms with Crippen LogP contribution in [0.25, 0.3) is 0 Å². The summed E-state index contributed by atoms with van der Waals surface area (Å²) >= 11 is 13.4. The average molecular weight is 400 g/mol. The van der Waals surface area contributed by atoms with E-state index in [-0.39, 0.29) is 17.2 Å². The molecule has 1 aliphatic carbocycles. The molecule has 3 N–H and O–H groups in total. The first-order valence-corrected chi connectivity index (χ1v) is 9.62. The number of benzene rings is 1. The van der Waals surface area contributed by atoms with Gasteiger partial charge in [-0.25, -0.2) is 4.68 Å². The van der Waals surface area contributed by atoms with E-state index in [0.29, 0.717) is 21.1 Å². The minimum Gasteiger partial charge on any atom is -0.349 e. The molecule has 1 heterocycles. The number of nitrogen functional groups attached to an aromatic ring is 1. The van der Waals surface area contributed by atoms with Gasteiger partial charge in [0.1, 0.15) is 0 Å². The second-order valence-electron chi connectivity index (χ2n) is 6.14. The van der Waals surface area contributed by atoms with Crippen LogP contribution < -0.4 is 11.2 Å². The molecule has 1 fully saturated rings. The van der Waals surface area contributed by atoms with Crippen LogP contribution in [0.1, 0.15) is 50.0 Å². The maximum absolute atomic E-state index is 12.5. The molecular formula is C16H19Cl2N5OS. The second kappa shape index (κ2) is 7.43. The van der Waals surface area contributed by atoms with Gasteiger partial charge in [-0.05, 0) is 44.4 Å². The Morgan fingerprint density at radius 1 is 1.36 bits per heavy atom. The minimum absolute atomic E-state index is 0.125. The van der Waals surface area contributed by atoms with Crippen LogP contribution in [0.4, 0.5) is 0 Å². The van der Waals surface area contributed by atoms with Crippen molar-refractivity contribution in [2.24, 2.45) is 0 Å². The number of hydrogen-bond acceptors (Lipinski definition) is 5. The molecule has 2 aromatic rings. The topological polar surface area (TPSA) is 85.8 Å². The number of halogens is 2. The Morgan fingerprint density at radius 2 is 2.08 bits per heavy atom. The summed E-state index contributed by atoms with van der Waals surface area (Å²) in [4.78, 5) is 12.5. The molecule has 134 valence electrons. The molecule has 1 saturated carbocycles. The summed E-state index contributed by atoms with van der Waals surface area (Å²) in [6.07, 6.45) is 2.19. The minimum atomic E-state index is -0.368. The zero-order chi connectivity index (χ0) is 18.1. The first kappa shape index (κ1) is 18.4. The van der Waals surface area contributed by atoms with E-state index in [4.69, 9.17) is 29.0 Å². The molecule has 3 rings (SSSR count). The van der Waals surface area contributed by atoms with E-state index < -0.39 is 0 Å². The Hall–Kier alpha value is -1.44. The summed E-state index contributed by atoms with van der Waals surface area (Å²) in [6.45, 7) is 3.68. The maximum atomic E-state index is 12.5. The Labute approximate surface area is 160 Å². The average Bonchev–Trinajstić information content (AvgIpc) is 3.32. The molecule has 2 atom stereocenters. The fraction of sp³-hybridized carbons (Fsp3) is 0.438. The Bertz CT molecular complexity index is 793. The monoisotopic (exact) mass is 399 g/mol. The highest BCUT2D eigenvalue weighted by Gasteiger charge is 2.30. The summed E-state index contributed by atoms with van der Waals surface area (Å²) in [5.74, 6) is 7.10. The van der Waals surface area contributed by atoms with Gasteiger partial charge in [0.15, 0.2) is 5.82 Å². The van der Waals surface area contributed by atoms with E-state index >= 15 is 0 Å². The van der Waals surface area contributed by atoms with Crippen LogP contribution in [0, 0.1) is 0 Å². The van der Waals surface area contributed by atoms with Crippen molar-refractivity contribution in [2.45, 2.75) is 49.1 Å². The molecule has 0 aliphatic heterocycles. The van der Waals surface area contributed by atoms with E-state index in [1.165, 1.54) is 16.4 Å². The highest BCUT2D eigenvalue weighted by Crippen LogP contribution is 2.39. The van der Waals surface area contributed by atoms with Crippen LogP contribution >= 0.6 is 35.0 Å². The highest BCUT2D eigenvalue weighted by atomic mass is 35.5. The lowest BCUT2D eigenvalue weighted by Gasteiger charge is -2.18. The molecule has 1 aromatic heterocycles. The van der Waals surface area contributed by atoms with Gasteiger partial charge < -0.3 is 11.2 Å². The van der Waals surface area contributed by atoms with E-state index in [1.54, 1.807) is 12.1 Å². The molecule has 0 spiro atoms. The van der Waals surface area contributed by atoms with Crippen molar-refractivity contribution in [1.82, 2.24) is 20.2 Å². The lowest BCUT2D eigenvalue weighted by Crippen LogP contribution is -2.33. The fourth-order valence-electron chi connectivity index (χ4n) is 2.46. The SMILES string of the molecule is C[C@H](Sc1nnc(C2CC2)n1N)C(=O)N[C@@H](C)c1ccc(Cl)cc1Cl. The summed E-state index contributed by atoms with van der Waals surface area (Å²) < 4.78 is 1.49. The van der Waals surface area contributed by atoms with Crippen molar-refractivity contribution in [3.05, 3.63) is 39.6 Å². The van der Waals surface area contributed by atoms with Crippen LogP contribution in [-0.4, -0.2) is 26.0 Å². The third-order valence-corrected chi connectivity index (χ3v) is 5.69. The quantitative estimate of drug-likeness (QED) is 0.572. The molecule has 1 aromatic carbocycles. The number of nitrogens with zero attached hydrogens (tertiary/aromatic N) is 3. The van der Waals surface area contributed by atoms with Crippen LogP contribution in [0.2, 0.25) is 10.0 Å². The van der Waals surface area contributed by atoms with Gasteiger partial charge in [-0.15, -0.1) is 10.2 Å². The first-order chi connectivity index (χ1) is 11.9. The Kier molecular flexibility index (Phi) is 5.46. The lowest BCUT2D eigenvalue weighted by atomic mass is 10.1. The van der Waals surface area contributed by atoms with Crippen molar-refractivity contribution in [3.8, 4) is 0 Å². The van der Waals surface area contributed by atoms with Gasteiger partial charge in [-0.2, -0.15) is 0 Å². The third kappa shape index (κ3) is 4.22. The number of amides is 1. The van der Waals surface area contributed by atoms with Gasteiger partial charge in [0.25, 0.3) is 0 Å². The molecule has 0 unspecified atom stereocenters. The predicted molar refractivity (Wildman–Crippen MR) is 100 cm³/mol. The number of thioether (sulfide) groups is 1. The zero-order valence-electron chi connectivity index (χ0n) is 13.9. The van der Waals surface area contributed by atoms with Crippen LogP contribution in [-0.2, 0) is 4.79 Å². The van der Waals surface area contributed by atoms with Gasteiger partial charge in [0.2, 0.25) is 11.1 Å². The summed E-state index contributed by atoms with van der Waals surface area (Å²) in [5, 5.41) is 12.4. The van der Waals surface area contributed by atoms with Gasteiger partial charge in [0.05, 0.1) is 11.3 Å². The lowest BCUT2D eigenvalue weighted by molar-refractivity contribution is -0.120. The highest BCUT2D eigenvalue weighted by molar-refractivity contribution is 8.00. The van der Waals surface area contributed by atoms with E-state index in [9.17, 15) is 4.79 Å². The Balaban J connectivity index is 1.62. The van der Waals surface area contributed by atoms with Crippen molar-refractivity contribution in [2.75, 3.05) is 5.84 Å². The molecule has 0 saturated heterocycles. The van der Waals surface area contributed by atoms with E-state index in [2.05, 4.69) is 15.5 Å². The number of aromatic nitrogens is 3. The van der Waals surface area contributed by atoms with Crippen LogP contribution in [0.3, 0.4) is 0 Å². The van der Waals surface area contributed by atoms with Gasteiger partial charge in [-0.3, -0.25) is 4.79 Å². The van der Waals surface area contributed by atoms with Crippen molar-refractivity contribution in [1.29, 1.82) is 0 Å². The molecule has 0 bridgehead atoms. The molecule has 9 heteroatoms. The molecule has 25 heavy (non-hydrogen) atoms. The summed E-state index contributed by atoms with van der Waals surface area (Å²) in [6, 6.07) is 4.99. The summed E-state index contributed by atoms with van der Waals surface area (Å²) in [7, 11) is 0. The van der Waals surface area contributed by atoms with Crippen molar-refractivity contribution >= 4 is 40.9 Å². The third-order valence-electron chi connectivity index (χ3n) is 4.07. The van der Waals surface area contributed by atoms with Crippen molar-refractivity contribution in [3.63, 3.8) is 0 Å². The first-order valence-electron chi connectivity index (χ1n) is 7.99. The molecule has 6 nitrogen and oxygen atoms in total. The normalized spacial score (nSPS) is 16.5. The smallest absolute Gasteiger partial charge is 0.233 e. The number of nitrogens with two attached hydrogens (primary N) is 1. The molecule has 1 aliphatic rings. The summed E-state index contributed by atoms with van der Waals surface area (Å²) in [5.41, 5.74) is 0.814. The number of carbonyl (C=O) groups excluding carboxylic acids is 1. The predicted octanol–water partition coefficient (Wildman–Crippen LogP) is 3.53. The number of nitrogens with one attached hydrogen (secondary N) is 1. The molecule has 0 radical (unpaired) electrons. The second-order valence-corrected chi connectivity index (χ2v) is 8.29. The molecule has 1 amide bonds. The maximum Gasteiger partial charge on any atom is 0.233 e. The standard InChI is InChI=1S/C16H19Cl2N5OS/c1-8(12-6-5-11(17)7-13(12)18)20-15(24)9(2)25-16-22-21-14(23(16)19)10-3-4-10/h5-10H,3-4,19H2,1-2H3,(H,20,24)/t8-,9-/m0/s1. The van der Waals surface area contributed by atoms with Crippen molar-refractivity contribution < 1.29 is 4.79 Å². The Morgan fingerprint density at radius 3 is 2.72 bits per heavy atom. The van der Waals surface area contributed by atoms with E-state index in [0.717, 1.165) is 24.2 Å². The number of hydrogen-bond donors (Lipinski definition) is 2. The molecular weight excluding hydrogens is 381 g/mol. The van der Waals surface area contributed by atoms with Gasteiger partial charge in [-0.1, -0.05) is 41.0 Å². The zero-order valence-corrected chi connectivity index (χ0v) is 16.2. The van der Waals surface area contributed by atoms with Gasteiger partial charge >= 0.3 is 0 Å². The van der Waals surface area contributed by atoms with Crippen LogP contribution in [0.5, 0.6) is 0 Å².